The molecule has 1 aromatic heterocycles. The molecule has 2 aromatic carbocycles. The number of nitrogens with one attached hydrogen (secondary N) is 1. The van der Waals surface area contributed by atoms with Gasteiger partial charge >= 0.3 is 0 Å². The maximum atomic E-state index is 6.17. The molecule has 78 valence electrons. The molecule has 0 saturated carbocycles. The molecule has 0 spiro atoms. The summed E-state index contributed by atoms with van der Waals surface area (Å²) in [6.45, 7) is 0. The van der Waals surface area contributed by atoms with Gasteiger partial charge in [0.2, 0.25) is 0 Å². The maximum Gasteiger partial charge on any atom is 0.0484 e. The van der Waals surface area contributed by atoms with E-state index in [1.807, 2.05) is 30.5 Å². The van der Waals surface area contributed by atoms with E-state index in [1.165, 1.54) is 5.39 Å². The first-order chi connectivity index (χ1) is 7.84. The Morgan fingerprint density at radius 3 is 2.69 bits per heavy atom. The number of benzene rings is 2. The minimum Gasteiger partial charge on any atom is -0.361 e. The molecule has 3 rings (SSSR count). The molecule has 2 heteroatoms. The molecule has 0 amide bonds. The van der Waals surface area contributed by atoms with Gasteiger partial charge in [0, 0.05) is 22.3 Å². The lowest BCUT2D eigenvalue weighted by Gasteiger charge is -2.04. The summed E-state index contributed by atoms with van der Waals surface area (Å²) in [6, 6.07) is 16.3. The summed E-state index contributed by atoms with van der Waals surface area (Å²) in [5, 5.41) is 2.00. The molecule has 0 radical (unpaired) electrons. The van der Waals surface area contributed by atoms with E-state index in [9.17, 15) is 0 Å². The molecule has 1 N–H and O–H groups in total. The molecular weight excluding hydrogens is 218 g/mol. The highest BCUT2D eigenvalue weighted by molar-refractivity contribution is 6.33. The van der Waals surface area contributed by atoms with Crippen molar-refractivity contribution in [3.05, 3.63) is 59.8 Å². The molecule has 0 unspecified atom stereocenters. The summed E-state index contributed by atoms with van der Waals surface area (Å²) in [4.78, 5) is 3.21. The van der Waals surface area contributed by atoms with E-state index in [0.717, 1.165) is 21.7 Å². The second-order valence-corrected chi connectivity index (χ2v) is 4.17. The monoisotopic (exact) mass is 227 g/mol. The predicted molar refractivity (Wildman–Crippen MR) is 68.7 cm³/mol. The third-order valence-electron chi connectivity index (χ3n) is 2.74. The molecule has 0 aliphatic rings. The van der Waals surface area contributed by atoms with Crippen LogP contribution in [0.3, 0.4) is 0 Å². The lowest BCUT2D eigenvalue weighted by atomic mass is 10.0. The fourth-order valence-corrected chi connectivity index (χ4v) is 2.16. The van der Waals surface area contributed by atoms with Crippen molar-refractivity contribution in [2.75, 3.05) is 0 Å². The number of aromatic nitrogens is 1. The van der Waals surface area contributed by atoms with Crippen LogP contribution in [0.4, 0.5) is 0 Å². The van der Waals surface area contributed by atoms with Crippen molar-refractivity contribution in [1.82, 2.24) is 4.98 Å². The van der Waals surface area contributed by atoms with Crippen LogP contribution in [-0.4, -0.2) is 4.98 Å². The van der Waals surface area contributed by atoms with Crippen LogP contribution in [0.15, 0.2) is 54.7 Å². The SMILES string of the molecule is Clc1ccccc1-c1ccc2cc[nH]c2c1. The minimum absolute atomic E-state index is 0.786. The average molecular weight is 228 g/mol. The van der Waals surface area contributed by atoms with Gasteiger partial charge < -0.3 is 4.98 Å². The largest absolute Gasteiger partial charge is 0.361 e. The molecule has 0 bridgehead atoms. The summed E-state index contributed by atoms with van der Waals surface area (Å²) < 4.78 is 0. The van der Waals surface area contributed by atoms with Gasteiger partial charge in [0.1, 0.15) is 0 Å². The van der Waals surface area contributed by atoms with Gasteiger partial charge in [0.15, 0.2) is 0 Å². The smallest absolute Gasteiger partial charge is 0.0484 e. The molecular formula is C14H10ClN. The first-order valence-electron chi connectivity index (χ1n) is 5.17. The zero-order valence-corrected chi connectivity index (χ0v) is 9.33. The molecule has 3 aromatic rings. The van der Waals surface area contributed by atoms with Crippen molar-refractivity contribution in [2.24, 2.45) is 0 Å². The molecule has 1 nitrogen and oxygen atoms in total. The van der Waals surface area contributed by atoms with Crippen LogP contribution in [0, 0.1) is 0 Å². The number of halogens is 1. The number of aromatic amines is 1. The zero-order valence-electron chi connectivity index (χ0n) is 8.57. The van der Waals surface area contributed by atoms with E-state index in [1.54, 1.807) is 0 Å². The first-order valence-corrected chi connectivity index (χ1v) is 5.54. The summed E-state index contributed by atoms with van der Waals surface area (Å²) in [5.74, 6) is 0. The topological polar surface area (TPSA) is 15.8 Å². The Hall–Kier alpha value is -1.73. The van der Waals surface area contributed by atoms with Gasteiger partial charge in [0.25, 0.3) is 0 Å². The summed E-state index contributed by atoms with van der Waals surface area (Å²) >= 11 is 6.17. The lowest BCUT2D eigenvalue weighted by molar-refractivity contribution is 1.48. The molecule has 0 aliphatic heterocycles. The van der Waals surface area contributed by atoms with Crippen molar-refractivity contribution in [2.45, 2.75) is 0 Å². The Morgan fingerprint density at radius 2 is 1.81 bits per heavy atom. The Balaban J connectivity index is 2.22. The van der Waals surface area contributed by atoms with Gasteiger partial charge in [-0.15, -0.1) is 0 Å². The molecule has 0 atom stereocenters. The van der Waals surface area contributed by atoms with E-state index < -0.39 is 0 Å². The fourth-order valence-electron chi connectivity index (χ4n) is 1.91. The molecule has 16 heavy (non-hydrogen) atoms. The van der Waals surface area contributed by atoms with Crippen LogP contribution < -0.4 is 0 Å². The number of H-pyrrole nitrogens is 1. The Kier molecular flexibility index (Phi) is 2.19. The fraction of sp³-hybridized carbons (Fsp3) is 0. The Bertz CT molecular complexity index is 640. The molecule has 0 fully saturated rings. The second-order valence-electron chi connectivity index (χ2n) is 3.76. The normalized spacial score (nSPS) is 10.8. The van der Waals surface area contributed by atoms with Gasteiger partial charge in [-0.1, -0.05) is 41.9 Å². The Morgan fingerprint density at radius 1 is 0.938 bits per heavy atom. The maximum absolute atomic E-state index is 6.17. The average Bonchev–Trinajstić information content (AvgIpc) is 2.76. The van der Waals surface area contributed by atoms with Gasteiger partial charge in [-0.25, -0.2) is 0 Å². The van der Waals surface area contributed by atoms with Crippen LogP contribution in [0.2, 0.25) is 5.02 Å². The highest BCUT2D eigenvalue weighted by atomic mass is 35.5. The van der Waals surface area contributed by atoms with E-state index in [2.05, 4.69) is 29.2 Å². The second kappa shape index (κ2) is 3.69. The Labute approximate surface area is 98.7 Å². The van der Waals surface area contributed by atoms with E-state index >= 15 is 0 Å². The zero-order chi connectivity index (χ0) is 11.0. The highest BCUT2D eigenvalue weighted by Crippen LogP contribution is 2.29. The first kappa shape index (κ1) is 9.49. The van der Waals surface area contributed by atoms with Gasteiger partial charge in [0.05, 0.1) is 0 Å². The van der Waals surface area contributed by atoms with Gasteiger partial charge in [-0.05, 0) is 29.1 Å². The number of rotatable bonds is 1. The summed E-state index contributed by atoms with van der Waals surface area (Å²) in [5.41, 5.74) is 3.35. The standard InChI is InChI=1S/C14H10ClN/c15-13-4-2-1-3-12(13)11-6-5-10-7-8-16-14(10)9-11/h1-9,16H. The van der Waals surface area contributed by atoms with E-state index in [-0.39, 0.29) is 0 Å². The lowest BCUT2D eigenvalue weighted by Crippen LogP contribution is -1.79. The number of fused-ring (bicyclic) bond motifs is 1. The third-order valence-corrected chi connectivity index (χ3v) is 3.07. The van der Waals surface area contributed by atoms with Gasteiger partial charge in [-0.3, -0.25) is 0 Å². The summed E-state index contributed by atoms with van der Waals surface area (Å²) in [7, 11) is 0. The van der Waals surface area contributed by atoms with Crippen LogP contribution >= 0.6 is 11.6 Å². The van der Waals surface area contributed by atoms with Crippen molar-refractivity contribution < 1.29 is 0 Å². The van der Waals surface area contributed by atoms with E-state index in [0.29, 0.717) is 0 Å². The van der Waals surface area contributed by atoms with Crippen molar-refractivity contribution in [3.8, 4) is 11.1 Å². The van der Waals surface area contributed by atoms with Gasteiger partial charge in [-0.2, -0.15) is 0 Å². The van der Waals surface area contributed by atoms with Crippen molar-refractivity contribution in [1.29, 1.82) is 0 Å². The van der Waals surface area contributed by atoms with Crippen LogP contribution in [0.5, 0.6) is 0 Å². The third kappa shape index (κ3) is 1.50. The number of hydrogen-bond acceptors (Lipinski definition) is 0. The van der Waals surface area contributed by atoms with E-state index in [4.69, 9.17) is 11.6 Å². The summed E-state index contributed by atoms with van der Waals surface area (Å²) in [6.07, 6.45) is 1.95. The molecule has 0 aliphatic carbocycles. The minimum atomic E-state index is 0.786. The predicted octanol–water partition coefficient (Wildman–Crippen LogP) is 4.49. The van der Waals surface area contributed by atoms with Crippen LogP contribution in [0.25, 0.3) is 22.0 Å². The van der Waals surface area contributed by atoms with Crippen molar-refractivity contribution >= 4 is 22.5 Å². The quantitative estimate of drug-likeness (QED) is 0.631. The van der Waals surface area contributed by atoms with Crippen LogP contribution in [0.1, 0.15) is 0 Å². The molecule has 1 heterocycles. The number of hydrogen-bond donors (Lipinski definition) is 1. The van der Waals surface area contributed by atoms with Crippen LogP contribution in [-0.2, 0) is 0 Å². The highest BCUT2D eigenvalue weighted by Gasteiger charge is 2.03. The van der Waals surface area contributed by atoms with Crippen molar-refractivity contribution in [3.63, 3.8) is 0 Å². The molecule has 0 saturated heterocycles.